The number of ether oxygens (including phenoxy) is 2. The van der Waals surface area contributed by atoms with Crippen molar-refractivity contribution in [2.75, 3.05) is 6.61 Å². The highest BCUT2D eigenvalue weighted by molar-refractivity contribution is 5.90. The molecular formula is C33H41N3O3. The molecule has 3 rings (SSSR count). The molecule has 39 heavy (non-hydrogen) atoms. The van der Waals surface area contributed by atoms with Gasteiger partial charge in [-0.25, -0.2) is 14.8 Å². The predicted octanol–water partition coefficient (Wildman–Crippen LogP) is 8.57. The summed E-state index contributed by atoms with van der Waals surface area (Å²) in [7, 11) is 0. The van der Waals surface area contributed by atoms with Gasteiger partial charge in [-0.2, -0.15) is 5.26 Å². The van der Waals surface area contributed by atoms with Crippen LogP contribution >= 0.6 is 0 Å². The Labute approximate surface area is 233 Å². The summed E-state index contributed by atoms with van der Waals surface area (Å²) in [5.74, 6) is 0.869. The summed E-state index contributed by atoms with van der Waals surface area (Å²) in [5, 5.41) is 9.11. The highest BCUT2D eigenvalue weighted by atomic mass is 16.5. The molecule has 0 fully saturated rings. The van der Waals surface area contributed by atoms with E-state index in [9.17, 15) is 4.79 Å². The summed E-state index contributed by atoms with van der Waals surface area (Å²) in [4.78, 5) is 21.3. The maximum absolute atomic E-state index is 12.3. The van der Waals surface area contributed by atoms with Crippen LogP contribution in [0.25, 0.3) is 22.5 Å². The Morgan fingerprint density at radius 2 is 1.31 bits per heavy atom. The maximum Gasteiger partial charge on any atom is 0.339 e. The van der Waals surface area contributed by atoms with Crippen LogP contribution < -0.4 is 4.74 Å². The summed E-state index contributed by atoms with van der Waals surface area (Å²) in [6.45, 7) is 4.90. The van der Waals surface area contributed by atoms with Crippen LogP contribution in [0, 0.1) is 11.3 Å². The molecule has 1 atom stereocenters. The number of carbonyl (C=O) groups excluding carboxylic acids is 1. The lowest BCUT2D eigenvalue weighted by Crippen LogP contribution is -2.16. The van der Waals surface area contributed by atoms with Crippen molar-refractivity contribution in [3.63, 3.8) is 0 Å². The molecule has 0 spiro atoms. The van der Waals surface area contributed by atoms with Crippen LogP contribution in [0.1, 0.15) is 94.8 Å². The van der Waals surface area contributed by atoms with E-state index in [0.29, 0.717) is 30.2 Å². The van der Waals surface area contributed by atoms with Crippen molar-refractivity contribution in [1.29, 1.82) is 5.26 Å². The minimum absolute atomic E-state index is 0.431. The normalized spacial score (nSPS) is 11.5. The van der Waals surface area contributed by atoms with E-state index in [-0.39, 0.29) is 0 Å². The smallest absolute Gasteiger partial charge is 0.339 e. The molecule has 0 aliphatic rings. The van der Waals surface area contributed by atoms with Crippen molar-refractivity contribution in [2.45, 2.75) is 90.6 Å². The van der Waals surface area contributed by atoms with E-state index in [1.165, 1.54) is 51.4 Å². The van der Waals surface area contributed by atoms with Gasteiger partial charge in [-0.15, -0.1) is 0 Å². The minimum atomic E-state index is -0.711. The molecule has 0 saturated carbocycles. The molecule has 1 heterocycles. The average Bonchev–Trinajstić information content (AvgIpc) is 2.98. The first kappa shape index (κ1) is 29.8. The number of hydrogen-bond acceptors (Lipinski definition) is 6. The predicted molar refractivity (Wildman–Crippen MR) is 155 cm³/mol. The van der Waals surface area contributed by atoms with Crippen molar-refractivity contribution in [1.82, 2.24) is 9.97 Å². The molecule has 6 nitrogen and oxygen atoms in total. The minimum Gasteiger partial charge on any atom is -0.490 e. The van der Waals surface area contributed by atoms with Gasteiger partial charge in [0.1, 0.15) is 6.07 Å². The fraction of sp³-hybridized carbons (Fsp3) is 0.455. The molecule has 1 unspecified atom stereocenters. The van der Waals surface area contributed by atoms with Gasteiger partial charge in [-0.1, -0.05) is 108 Å². The molecule has 2 aromatic carbocycles. The van der Waals surface area contributed by atoms with E-state index >= 15 is 0 Å². The van der Waals surface area contributed by atoms with Gasteiger partial charge in [0.2, 0.25) is 0 Å². The average molecular weight is 528 g/mol. The number of rotatable bonds is 17. The Morgan fingerprint density at radius 1 is 0.769 bits per heavy atom. The van der Waals surface area contributed by atoms with Gasteiger partial charge < -0.3 is 9.47 Å². The number of esters is 1. The first-order valence-corrected chi connectivity index (χ1v) is 14.4. The fourth-order valence-electron chi connectivity index (χ4n) is 4.36. The zero-order valence-electron chi connectivity index (χ0n) is 23.4. The molecule has 0 aliphatic heterocycles. The zero-order valence-corrected chi connectivity index (χ0v) is 23.4. The first-order valence-electron chi connectivity index (χ1n) is 14.4. The first-order chi connectivity index (χ1) is 19.1. The molecule has 1 aromatic heterocycles. The lowest BCUT2D eigenvalue weighted by atomic mass is 10.0. The SMILES string of the molecule is CCCCCCCCCCCOc1cnc(-c2ccc(-c3ccc(C(=O)OC(C#N)CCC)cc3)cc2)nc1. The summed E-state index contributed by atoms with van der Waals surface area (Å²) in [6, 6.07) is 17.2. The summed E-state index contributed by atoms with van der Waals surface area (Å²) < 4.78 is 11.1. The Hall–Kier alpha value is -3.72. The van der Waals surface area contributed by atoms with E-state index in [2.05, 4.69) is 16.9 Å². The van der Waals surface area contributed by atoms with Crippen LogP contribution in [0.4, 0.5) is 0 Å². The summed E-state index contributed by atoms with van der Waals surface area (Å²) in [5.41, 5.74) is 3.34. The molecule has 6 heteroatoms. The number of nitrogens with zero attached hydrogens (tertiary/aromatic N) is 3. The second-order valence-electron chi connectivity index (χ2n) is 9.89. The van der Waals surface area contributed by atoms with Crippen LogP contribution in [-0.4, -0.2) is 28.6 Å². The van der Waals surface area contributed by atoms with Crippen molar-refractivity contribution in [3.8, 4) is 34.3 Å². The third kappa shape index (κ3) is 10.2. The van der Waals surface area contributed by atoms with Gasteiger partial charge in [0.25, 0.3) is 0 Å². The Balaban J connectivity index is 1.44. The highest BCUT2D eigenvalue weighted by Crippen LogP contribution is 2.24. The fourth-order valence-corrected chi connectivity index (χ4v) is 4.36. The number of aromatic nitrogens is 2. The van der Waals surface area contributed by atoms with E-state index in [1.54, 1.807) is 24.5 Å². The van der Waals surface area contributed by atoms with Gasteiger partial charge in [-0.3, -0.25) is 0 Å². The van der Waals surface area contributed by atoms with E-state index < -0.39 is 12.1 Å². The molecule has 3 aromatic rings. The topological polar surface area (TPSA) is 85.1 Å². The van der Waals surface area contributed by atoms with Crippen LogP contribution in [0.3, 0.4) is 0 Å². The van der Waals surface area contributed by atoms with Crippen molar-refractivity contribution < 1.29 is 14.3 Å². The lowest BCUT2D eigenvalue weighted by molar-refractivity contribution is 0.0392. The van der Waals surface area contributed by atoms with Crippen LogP contribution in [0.2, 0.25) is 0 Å². The standard InChI is InChI=1S/C33H41N3O3/c1-3-5-6-7-8-9-10-11-12-22-38-31-24-35-32(36-25-31)28-18-14-26(15-19-28)27-16-20-29(21-17-27)33(37)39-30(23-34)13-4-2/h14-21,24-25,30H,3-13,22H2,1-2H3. The third-order valence-electron chi connectivity index (χ3n) is 6.69. The second-order valence-corrected chi connectivity index (χ2v) is 9.89. The van der Waals surface area contributed by atoms with E-state index in [0.717, 1.165) is 29.5 Å². The van der Waals surface area contributed by atoms with Gasteiger partial charge in [0.05, 0.1) is 24.6 Å². The molecule has 0 bridgehead atoms. The molecule has 0 radical (unpaired) electrons. The highest BCUT2D eigenvalue weighted by Gasteiger charge is 2.14. The van der Waals surface area contributed by atoms with Crippen LogP contribution in [-0.2, 0) is 4.74 Å². The van der Waals surface area contributed by atoms with Gasteiger partial charge in [0.15, 0.2) is 17.7 Å². The largest absolute Gasteiger partial charge is 0.490 e. The number of unbranched alkanes of at least 4 members (excludes halogenated alkanes) is 8. The molecule has 0 amide bonds. The zero-order chi connectivity index (χ0) is 27.7. The summed E-state index contributed by atoms with van der Waals surface area (Å²) >= 11 is 0. The van der Waals surface area contributed by atoms with Crippen molar-refractivity contribution >= 4 is 5.97 Å². The van der Waals surface area contributed by atoms with Gasteiger partial charge in [-0.05, 0) is 36.1 Å². The van der Waals surface area contributed by atoms with E-state index in [1.807, 2.05) is 49.4 Å². The Morgan fingerprint density at radius 3 is 1.87 bits per heavy atom. The molecule has 0 saturated heterocycles. The lowest BCUT2D eigenvalue weighted by Gasteiger charge is -2.10. The van der Waals surface area contributed by atoms with Crippen molar-refractivity contribution in [3.05, 3.63) is 66.5 Å². The third-order valence-corrected chi connectivity index (χ3v) is 6.69. The van der Waals surface area contributed by atoms with E-state index in [4.69, 9.17) is 14.7 Å². The maximum atomic E-state index is 12.3. The molecule has 0 aliphatic carbocycles. The number of nitriles is 1. The van der Waals surface area contributed by atoms with Gasteiger partial charge in [0, 0.05) is 5.56 Å². The molecular weight excluding hydrogens is 486 g/mol. The second kappa shape index (κ2) is 17.0. The Bertz CT molecular complexity index is 1150. The molecule has 0 N–H and O–H groups in total. The van der Waals surface area contributed by atoms with Crippen molar-refractivity contribution in [2.24, 2.45) is 0 Å². The van der Waals surface area contributed by atoms with Gasteiger partial charge >= 0.3 is 5.97 Å². The van der Waals surface area contributed by atoms with Crippen LogP contribution in [0.5, 0.6) is 5.75 Å². The number of carbonyl (C=O) groups is 1. The quantitative estimate of drug-likeness (QED) is 0.129. The Kier molecular flexibility index (Phi) is 13.0. The molecule has 206 valence electrons. The number of benzene rings is 2. The number of hydrogen-bond donors (Lipinski definition) is 0. The van der Waals surface area contributed by atoms with Crippen LogP contribution in [0.15, 0.2) is 60.9 Å². The monoisotopic (exact) mass is 527 g/mol. The summed E-state index contributed by atoms with van der Waals surface area (Å²) in [6.07, 6.45) is 15.7.